The normalized spacial score (nSPS) is 10.1. The zero-order valence-corrected chi connectivity index (χ0v) is 8.14. The van der Waals surface area contributed by atoms with Crippen LogP contribution in [-0.4, -0.2) is 12.1 Å². The smallest absolute Gasteiger partial charge is 0.228 e. The molecule has 0 aliphatic rings. The predicted molar refractivity (Wildman–Crippen MR) is 53.9 cm³/mol. The van der Waals surface area contributed by atoms with Crippen LogP contribution in [0.2, 0.25) is 0 Å². The molecule has 0 radical (unpaired) electrons. The minimum Gasteiger partial charge on any atom is -0.450 e. The van der Waals surface area contributed by atoms with Gasteiger partial charge >= 0.3 is 0 Å². The summed E-state index contributed by atoms with van der Waals surface area (Å²) in [5.41, 5.74) is 0.187. The van der Waals surface area contributed by atoms with E-state index >= 15 is 0 Å². The summed E-state index contributed by atoms with van der Waals surface area (Å²) >= 11 is 0. The summed E-state index contributed by atoms with van der Waals surface area (Å²) in [6, 6.07) is 8.05. The van der Waals surface area contributed by atoms with Crippen LogP contribution >= 0.6 is 0 Å². The molecule has 4 heteroatoms. The van der Waals surface area contributed by atoms with Crippen molar-refractivity contribution >= 4 is 12.1 Å². The Hall–Kier alpha value is -2.23. The Balaban J connectivity index is 2.35. The van der Waals surface area contributed by atoms with E-state index in [0.29, 0.717) is 6.29 Å². The van der Waals surface area contributed by atoms with Gasteiger partial charge in [0.05, 0.1) is 0 Å². The molecule has 0 atom stereocenters. The summed E-state index contributed by atoms with van der Waals surface area (Å²) in [6.07, 6.45) is 0.502. The van der Waals surface area contributed by atoms with Gasteiger partial charge < -0.3 is 4.42 Å². The Bertz CT molecular complexity index is 543. The summed E-state index contributed by atoms with van der Waals surface area (Å²) in [7, 11) is 0. The van der Waals surface area contributed by atoms with Crippen molar-refractivity contribution in [2.24, 2.45) is 0 Å². The molecule has 0 fully saturated rings. The molecule has 0 N–H and O–H groups in total. The Morgan fingerprint density at radius 1 is 1.25 bits per heavy atom. The van der Waals surface area contributed by atoms with Gasteiger partial charge in [0.1, 0.15) is 5.82 Å². The third kappa shape index (κ3) is 1.91. The zero-order chi connectivity index (χ0) is 11.5. The van der Waals surface area contributed by atoms with Gasteiger partial charge in [-0.1, -0.05) is 12.1 Å². The molecule has 0 spiro atoms. The number of aldehydes is 1. The van der Waals surface area contributed by atoms with E-state index in [4.69, 9.17) is 4.42 Å². The number of halogens is 1. The topological polar surface area (TPSA) is 47.3 Å². The summed E-state index contributed by atoms with van der Waals surface area (Å²) in [5.74, 6) is -0.854. The minimum atomic E-state index is -0.493. The number of ketones is 1. The maximum atomic E-state index is 12.9. The maximum Gasteiger partial charge on any atom is 0.228 e. The molecule has 0 amide bonds. The Morgan fingerprint density at radius 2 is 2.06 bits per heavy atom. The fourth-order valence-electron chi connectivity index (χ4n) is 1.31. The van der Waals surface area contributed by atoms with Gasteiger partial charge in [-0.2, -0.15) is 0 Å². The molecule has 1 aromatic carbocycles. The van der Waals surface area contributed by atoms with Gasteiger partial charge in [0.25, 0.3) is 0 Å². The molecule has 0 saturated heterocycles. The second-order valence-electron chi connectivity index (χ2n) is 3.16. The highest BCUT2D eigenvalue weighted by Gasteiger charge is 2.13. The van der Waals surface area contributed by atoms with Crippen LogP contribution in [0.3, 0.4) is 0 Å². The highest BCUT2D eigenvalue weighted by molar-refractivity contribution is 6.07. The van der Waals surface area contributed by atoms with Gasteiger partial charge in [-0.05, 0) is 24.3 Å². The predicted octanol–water partition coefficient (Wildman–Crippen LogP) is 2.46. The van der Waals surface area contributed by atoms with Crippen LogP contribution in [-0.2, 0) is 0 Å². The third-order valence-electron chi connectivity index (χ3n) is 2.05. The molecule has 2 rings (SSSR count). The quantitative estimate of drug-likeness (QED) is 0.587. The Kier molecular flexibility index (Phi) is 2.64. The average Bonchev–Trinajstić information content (AvgIpc) is 2.76. The number of benzene rings is 1. The number of rotatable bonds is 3. The van der Waals surface area contributed by atoms with Crippen molar-refractivity contribution in [2.75, 3.05) is 0 Å². The van der Waals surface area contributed by atoms with Crippen LogP contribution in [0.25, 0.3) is 0 Å². The average molecular weight is 218 g/mol. The van der Waals surface area contributed by atoms with Gasteiger partial charge in [-0.25, -0.2) is 4.39 Å². The molecule has 80 valence electrons. The highest BCUT2D eigenvalue weighted by atomic mass is 19.1. The van der Waals surface area contributed by atoms with E-state index in [1.54, 1.807) is 0 Å². The standard InChI is InChI=1S/C12H7FO3/c13-9-3-1-2-8(6-9)12(15)11-5-4-10(7-14)16-11/h1-7H. The summed E-state index contributed by atoms with van der Waals surface area (Å²) in [4.78, 5) is 22.1. The molecule has 0 saturated carbocycles. The lowest BCUT2D eigenvalue weighted by Crippen LogP contribution is -1.99. The second-order valence-corrected chi connectivity index (χ2v) is 3.16. The van der Waals surface area contributed by atoms with E-state index in [-0.39, 0.29) is 17.1 Å². The number of hydrogen-bond donors (Lipinski definition) is 0. The van der Waals surface area contributed by atoms with Crippen molar-refractivity contribution in [1.82, 2.24) is 0 Å². The minimum absolute atomic E-state index is 0.0210. The molecule has 2 aromatic rings. The molecule has 0 bridgehead atoms. The highest BCUT2D eigenvalue weighted by Crippen LogP contribution is 2.13. The first-order chi connectivity index (χ1) is 7.70. The van der Waals surface area contributed by atoms with Crippen LogP contribution < -0.4 is 0 Å². The molecule has 16 heavy (non-hydrogen) atoms. The van der Waals surface area contributed by atoms with E-state index in [2.05, 4.69) is 0 Å². The van der Waals surface area contributed by atoms with Crippen LogP contribution in [0.4, 0.5) is 4.39 Å². The van der Waals surface area contributed by atoms with Gasteiger partial charge in [-0.15, -0.1) is 0 Å². The monoisotopic (exact) mass is 218 g/mol. The van der Waals surface area contributed by atoms with Crippen LogP contribution in [0.5, 0.6) is 0 Å². The second kappa shape index (κ2) is 4.10. The number of carbonyl (C=O) groups excluding carboxylic acids is 2. The lowest BCUT2D eigenvalue weighted by atomic mass is 10.1. The SMILES string of the molecule is O=Cc1ccc(C(=O)c2cccc(F)c2)o1. The zero-order valence-electron chi connectivity index (χ0n) is 8.14. The maximum absolute atomic E-state index is 12.9. The molecule has 1 heterocycles. The van der Waals surface area contributed by atoms with Crippen LogP contribution in [0, 0.1) is 5.82 Å². The number of hydrogen-bond acceptors (Lipinski definition) is 3. The van der Waals surface area contributed by atoms with Crippen LogP contribution in [0.1, 0.15) is 26.7 Å². The van der Waals surface area contributed by atoms with Crippen molar-refractivity contribution in [3.8, 4) is 0 Å². The summed E-state index contributed by atoms with van der Waals surface area (Å²) in [5, 5.41) is 0. The van der Waals surface area contributed by atoms with E-state index in [9.17, 15) is 14.0 Å². The van der Waals surface area contributed by atoms with Crippen molar-refractivity contribution in [1.29, 1.82) is 0 Å². The third-order valence-corrected chi connectivity index (χ3v) is 2.05. The first kappa shape index (κ1) is 10.3. The summed E-state index contributed by atoms with van der Waals surface area (Å²) < 4.78 is 17.8. The largest absolute Gasteiger partial charge is 0.450 e. The number of carbonyl (C=O) groups is 2. The van der Waals surface area contributed by atoms with Crippen molar-refractivity contribution < 1.29 is 18.4 Å². The van der Waals surface area contributed by atoms with E-state index in [0.717, 1.165) is 6.07 Å². The lowest BCUT2D eigenvalue weighted by molar-refractivity contribution is 0.100. The van der Waals surface area contributed by atoms with Gasteiger partial charge in [0.2, 0.25) is 5.78 Å². The molecule has 0 unspecified atom stereocenters. The first-order valence-corrected chi connectivity index (χ1v) is 4.56. The van der Waals surface area contributed by atoms with E-state index in [1.165, 1.54) is 30.3 Å². The first-order valence-electron chi connectivity index (χ1n) is 4.56. The molecule has 1 aromatic heterocycles. The Morgan fingerprint density at radius 3 is 2.69 bits per heavy atom. The summed E-state index contributed by atoms with van der Waals surface area (Å²) in [6.45, 7) is 0. The number of furan rings is 1. The molecule has 0 aliphatic carbocycles. The van der Waals surface area contributed by atoms with E-state index < -0.39 is 11.6 Å². The van der Waals surface area contributed by atoms with Crippen molar-refractivity contribution in [2.45, 2.75) is 0 Å². The van der Waals surface area contributed by atoms with Gasteiger partial charge in [0, 0.05) is 5.56 Å². The molecule has 0 aliphatic heterocycles. The molecular weight excluding hydrogens is 211 g/mol. The molecular formula is C12H7FO3. The van der Waals surface area contributed by atoms with Crippen molar-refractivity contribution in [3.05, 3.63) is 59.3 Å². The fraction of sp³-hybridized carbons (Fsp3) is 0. The lowest BCUT2D eigenvalue weighted by Gasteiger charge is -1.97. The Labute approximate surface area is 90.5 Å². The van der Waals surface area contributed by atoms with Crippen molar-refractivity contribution in [3.63, 3.8) is 0 Å². The molecule has 3 nitrogen and oxygen atoms in total. The van der Waals surface area contributed by atoms with Gasteiger partial charge in [-0.3, -0.25) is 9.59 Å². The van der Waals surface area contributed by atoms with E-state index in [1.807, 2.05) is 0 Å². The van der Waals surface area contributed by atoms with Crippen LogP contribution in [0.15, 0.2) is 40.8 Å². The fourth-order valence-corrected chi connectivity index (χ4v) is 1.31. The van der Waals surface area contributed by atoms with Gasteiger partial charge in [0.15, 0.2) is 17.8 Å².